The summed E-state index contributed by atoms with van der Waals surface area (Å²) in [5.41, 5.74) is 5.53. The first-order valence-corrected chi connectivity index (χ1v) is 7.50. The summed E-state index contributed by atoms with van der Waals surface area (Å²) in [5.74, 6) is 0.0246. The summed E-state index contributed by atoms with van der Waals surface area (Å²) in [4.78, 5) is 25.8. The smallest absolute Gasteiger partial charge is 0.249 e. The number of hydrogen-bond acceptors (Lipinski definition) is 7. The van der Waals surface area contributed by atoms with Crippen LogP contribution in [0, 0.1) is 0 Å². The fourth-order valence-electron chi connectivity index (χ4n) is 2.73. The van der Waals surface area contributed by atoms with E-state index in [1.807, 2.05) is 13.8 Å². The van der Waals surface area contributed by atoms with Crippen molar-refractivity contribution in [3.63, 3.8) is 0 Å². The molecule has 3 heterocycles. The van der Waals surface area contributed by atoms with Gasteiger partial charge in [-0.05, 0) is 20.8 Å². The zero-order valence-electron chi connectivity index (χ0n) is 11.9. The Morgan fingerprint density at radius 3 is 2.86 bits per heavy atom. The van der Waals surface area contributed by atoms with E-state index in [-0.39, 0.29) is 28.0 Å². The molecule has 0 spiro atoms. The highest BCUT2D eigenvalue weighted by atomic mass is 32.2. The second-order valence-corrected chi connectivity index (χ2v) is 7.58. The molecule has 0 bridgehead atoms. The van der Waals surface area contributed by atoms with Gasteiger partial charge in [-0.15, -0.1) is 22.0 Å². The van der Waals surface area contributed by atoms with Gasteiger partial charge in [-0.3, -0.25) is 9.59 Å². The highest BCUT2D eigenvalue weighted by molar-refractivity contribution is 8.01. The third-order valence-corrected chi connectivity index (χ3v) is 5.33. The van der Waals surface area contributed by atoms with Gasteiger partial charge in [0.05, 0.1) is 6.04 Å². The second-order valence-electron chi connectivity index (χ2n) is 5.80. The first-order chi connectivity index (χ1) is 9.83. The van der Waals surface area contributed by atoms with Crippen molar-refractivity contribution < 1.29 is 9.59 Å². The van der Waals surface area contributed by atoms with Crippen molar-refractivity contribution in [1.29, 1.82) is 0 Å². The van der Waals surface area contributed by atoms with Gasteiger partial charge in [-0.1, -0.05) is 5.21 Å². The van der Waals surface area contributed by atoms with Crippen LogP contribution in [0.15, 0.2) is 0 Å². The van der Waals surface area contributed by atoms with Crippen molar-refractivity contribution in [1.82, 2.24) is 30.8 Å². The number of carbonyl (C=O) groups excluding carboxylic acids is 2. The first-order valence-electron chi connectivity index (χ1n) is 6.62. The Morgan fingerprint density at radius 1 is 1.57 bits per heavy atom. The van der Waals surface area contributed by atoms with E-state index >= 15 is 0 Å². The number of fused-ring (bicyclic) bond motifs is 1. The Kier molecular flexibility index (Phi) is 3.17. The molecule has 2 amide bonds. The number of H-pyrrole nitrogens is 1. The zero-order valence-corrected chi connectivity index (χ0v) is 12.7. The predicted molar refractivity (Wildman–Crippen MR) is 74.8 cm³/mol. The largest absolute Gasteiger partial charge is 0.340 e. The highest BCUT2D eigenvalue weighted by Crippen LogP contribution is 2.56. The Hall–Kier alpha value is -1.68. The van der Waals surface area contributed by atoms with Gasteiger partial charge in [0.25, 0.3) is 0 Å². The van der Waals surface area contributed by atoms with E-state index in [0.717, 1.165) is 0 Å². The van der Waals surface area contributed by atoms with E-state index in [0.29, 0.717) is 5.82 Å². The molecule has 10 heteroatoms. The van der Waals surface area contributed by atoms with Crippen LogP contribution in [-0.4, -0.2) is 59.5 Å². The number of nitrogens with zero attached hydrogens (tertiary/aromatic N) is 4. The van der Waals surface area contributed by atoms with Gasteiger partial charge in [-0.25, -0.2) is 0 Å². The first kappa shape index (κ1) is 14.3. The molecule has 2 aliphatic heterocycles. The molecule has 21 heavy (non-hydrogen) atoms. The van der Waals surface area contributed by atoms with Crippen LogP contribution in [0.4, 0.5) is 0 Å². The summed E-state index contributed by atoms with van der Waals surface area (Å²) in [6.45, 7) is 5.63. The molecule has 9 nitrogen and oxygen atoms in total. The lowest BCUT2D eigenvalue weighted by Gasteiger charge is -2.44. The maximum atomic E-state index is 12.4. The zero-order chi connectivity index (χ0) is 15.4. The SMILES string of the molecule is CC(N)C(=O)NC1C(=O)N2C(c3nn[nH]n3)C(C)(C)S[C@@H]12. The van der Waals surface area contributed by atoms with Crippen LogP contribution >= 0.6 is 11.8 Å². The van der Waals surface area contributed by atoms with E-state index in [1.54, 1.807) is 23.6 Å². The van der Waals surface area contributed by atoms with E-state index in [4.69, 9.17) is 5.73 Å². The van der Waals surface area contributed by atoms with Gasteiger partial charge < -0.3 is 16.0 Å². The number of nitrogens with two attached hydrogens (primary N) is 1. The summed E-state index contributed by atoms with van der Waals surface area (Å²) >= 11 is 1.62. The molecule has 3 unspecified atom stereocenters. The van der Waals surface area contributed by atoms with Gasteiger partial charge in [0.15, 0.2) is 5.82 Å². The van der Waals surface area contributed by atoms with E-state index in [2.05, 4.69) is 25.9 Å². The monoisotopic (exact) mass is 311 g/mol. The number of thioether (sulfide) groups is 1. The van der Waals surface area contributed by atoms with Crippen LogP contribution < -0.4 is 11.1 Å². The fraction of sp³-hybridized carbons (Fsp3) is 0.727. The molecule has 114 valence electrons. The molecule has 1 aromatic rings. The van der Waals surface area contributed by atoms with Gasteiger partial charge in [-0.2, -0.15) is 5.21 Å². The molecule has 0 aliphatic carbocycles. The lowest BCUT2D eigenvalue weighted by molar-refractivity contribution is -0.151. The maximum absolute atomic E-state index is 12.4. The lowest BCUT2D eigenvalue weighted by Crippen LogP contribution is -2.68. The van der Waals surface area contributed by atoms with Crippen molar-refractivity contribution in [3.05, 3.63) is 5.82 Å². The standard InChI is InChI=1S/C11H17N7O2S/c1-4(12)8(19)13-5-9(20)18-6(7-14-16-17-15-7)11(2,3)21-10(5)18/h4-6,10H,12H2,1-3H3,(H,13,19)(H,14,15,16,17)/t4?,5?,6?,10-/m0/s1. The number of aromatic nitrogens is 4. The molecule has 0 radical (unpaired) electrons. The molecule has 1 aromatic heterocycles. The fourth-order valence-corrected chi connectivity index (χ4v) is 4.36. The van der Waals surface area contributed by atoms with Crippen LogP contribution in [0.25, 0.3) is 0 Å². The maximum Gasteiger partial charge on any atom is 0.249 e. The number of amides is 2. The van der Waals surface area contributed by atoms with Gasteiger partial charge in [0.1, 0.15) is 17.5 Å². The molecule has 4 atom stereocenters. The molecule has 2 saturated heterocycles. The Labute approximate surface area is 125 Å². The minimum atomic E-state index is -0.640. The van der Waals surface area contributed by atoms with Gasteiger partial charge >= 0.3 is 0 Å². The van der Waals surface area contributed by atoms with Crippen molar-refractivity contribution >= 4 is 23.6 Å². The van der Waals surface area contributed by atoms with Crippen LogP contribution in [0.5, 0.6) is 0 Å². The van der Waals surface area contributed by atoms with Crippen molar-refractivity contribution in [3.8, 4) is 0 Å². The van der Waals surface area contributed by atoms with Crippen LogP contribution in [-0.2, 0) is 9.59 Å². The van der Waals surface area contributed by atoms with Gasteiger partial charge in [0.2, 0.25) is 11.8 Å². The number of aromatic amines is 1. The minimum Gasteiger partial charge on any atom is -0.340 e. The number of carbonyl (C=O) groups is 2. The average molecular weight is 311 g/mol. The van der Waals surface area contributed by atoms with Crippen molar-refractivity contribution in [2.45, 2.75) is 49.0 Å². The van der Waals surface area contributed by atoms with Crippen LogP contribution in [0.3, 0.4) is 0 Å². The lowest BCUT2D eigenvalue weighted by atomic mass is 9.95. The number of hydrogen-bond donors (Lipinski definition) is 3. The normalized spacial score (nSPS) is 31.5. The van der Waals surface area contributed by atoms with E-state index in [1.165, 1.54) is 0 Å². The number of nitrogens with one attached hydrogen (secondary N) is 2. The number of rotatable bonds is 3. The molecule has 0 aromatic carbocycles. The average Bonchev–Trinajstić information content (AvgIpc) is 2.99. The van der Waals surface area contributed by atoms with Crippen molar-refractivity contribution in [2.24, 2.45) is 5.73 Å². The third kappa shape index (κ3) is 2.09. The Balaban J connectivity index is 1.82. The number of β-lactam (4-membered cyclic amide) rings is 1. The molecule has 0 saturated carbocycles. The quantitative estimate of drug-likeness (QED) is 0.596. The molecule has 2 fully saturated rings. The summed E-state index contributed by atoms with van der Waals surface area (Å²) < 4.78 is -0.266. The molecule has 2 aliphatic rings. The summed E-state index contributed by atoms with van der Waals surface area (Å²) in [6.07, 6.45) is 0. The molecular formula is C11H17N7O2S. The highest BCUT2D eigenvalue weighted by Gasteiger charge is 2.63. The summed E-state index contributed by atoms with van der Waals surface area (Å²) in [6, 6.07) is -1.44. The number of tetrazole rings is 1. The van der Waals surface area contributed by atoms with Crippen LogP contribution in [0.1, 0.15) is 32.6 Å². The van der Waals surface area contributed by atoms with Gasteiger partial charge in [0, 0.05) is 4.75 Å². The topological polar surface area (TPSA) is 130 Å². The molecule has 3 rings (SSSR count). The molecular weight excluding hydrogens is 294 g/mol. The summed E-state index contributed by atoms with van der Waals surface area (Å²) in [7, 11) is 0. The minimum absolute atomic E-state index is 0.126. The third-order valence-electron chi connectivity index (χ3n) is 3.76. The molecule has 4 N–H and O–H groups in total. The van der Waals surface area contributed by atoms with E-state index in [9.17, 15) is 9.59 Å². The van der Waals surface area contributed by atoms with E-state index < -0.39 is 12.1 Å². The predicted octanol–water partition coefficient (Wildman–Crippen LogP) is -1.23. The van der Waals surface area contributed by atoms with Crippen molar-refractivity contribution in [2.75, 3.05) is 0 Å². The van der Waals surface area contributed by atoms with Crippen LogP contribution in [0.2, 0.25) is 0 Å². The second kappa shape index (κ2) is 4.67. The Morgan fingerprint density at radius 2 is 2.29 bits per heavy atom. The Bertz CT molecular complexity index is 573. The summed E-state index contributed by atoms with van der Waals surface area (Å²) in [5, 5.41) is 16.5.